The van der Waals surface area contributed by atoms with E-state index in [2.05, 4.69) is 36.8 Å². The van der Waals surface area contributed by atoms with Gasteiger partial charge in [0.05, 0.1) is 17.1 Å². The zero-order valence-corrected chi connectivity index (χ0v) is 10.1. The summed E-state index contributed by atoms with van der Waals surface area (Å²) in [5, 5.41) is 0. The van der Waals surface area contributed by atoms with Crippen LogP contribution in [-0.2, 0) is 0 Å². The molecule has 16 heavy (non-hydrogen) atoms. The Bertz CT molecular complexity index is 485. The zero-order chi connectivity index (χ0) is 11.7. The first-order chi connectivity index (χ1) is 7.58. The molecule has 0 saturated heterocycles. The second-order valence-corrected chi connectivity index (χ2v) is 4.83. The molecule has 0 aliphatic carbocycles. The maximum atomic E-state index is 6.12. The van der Waals surface area contributed by atoms with Crippen LogP contribution in [0.5, 0.6) is 0 Å². The third-order valence-corrected chi connectivity index (χ3v) is 2.81. The van der Waals surface area contributed by atoms with Crippen molar-refractivity contribution in [2.75, 3.05) is 0 Å². The maximum absolute atomic E-state index is 6.12. The molecule has 0 fully saturated rings. The molecule has 1 aromatic carbocycles. The Balaban J connectivity index is 2.36. The van der Waals surface area contributed by atoms with Crippen molar-refractivity contribution in [3.05, 3.63) is 29.6 Å². The van der Waals surface area contributed by atoms with Gasteiger partial charge in [-0.25, -0.2) is 4.98 Å². The van der Waals surface area contributed by atoms with Crippen molar-refractivity contribution >= 4 is 11.0 Å². The number of H-pyrrole nitrogens is 1. The van der Waals surface area contributed by atoms with E-state index in [4.69, 9.17) is 5.73 Å². The van der Waals surface area contributed by atoms with Crippen molar-refractivity contribution in [2.24, 2.45) is 11.7 Å². The number of rotatable bonds is 3. The van der Waals surface area contributed by atoms with Crippen LogP contribution < -0.4 is 5.73 Å². The number of nitrogens with zero attached hydrogens (tertiary/aromatic N) is 1. The van der Waals surface area contributed by atoms with E-state index in [0.29, 0.717) is 5.92 Å². The van der Waals surface area contributed by atoms with Crippen molar-refractivity contribution < 1.29 is 0 Å². The fraction of sp³-hybridized carbons (Fsp3) is 0.462. The fourth-order valence-corrected chi connectivity index (χ4v) is 1.99. The third-order valence-electron chi connectivity index (χ3n) is 2.81. The van der Waals surface area contributed by atoms with Gasteiger partial charge in [-0.05, 0) is 30.9 Å². The van der Waals surface area contributed by atoms with E-state index in [1.807, 2.05) is 12.1 Å². The molecule has 0 amide bonds. The SMILES string of the molecule is Cc1cccc2[nH]c([C@H](N)CC(C)C)nc12. The number of aromatic nitrogens is 2. The van der Waals surface area contributed by atoms with Crippen LogP contribution in [0.2, 0.25) is 0 Å². The van der Waals surface area contributed by atoms with Crippen molar-refractivity contribution in [3.63, 3.8) is 0 Å². The topological polar surface area (TPSA) is 54.7 Å². The molecule has 0 aliphatic heterocycles. The molecule has 0 saturated carbocycles. The van der Waals surface area contributed by atoms with Crippen molar-refractivity contribution in [1.82, 2.24) is 9.97 Å². The minimum absolute atomic E-state index is 0.00630. The number of aryl methyl sites for hydroxylation is 1. The van der Waals surface area contributed by atoms with Gasteiger partial charge in [0.1, 0.15) is 5.82 Å². The summed E-state index contributed by atoms with van der Waals surface area (Å²) in [6, 6.07) is 6.15. The molecule has 1 atom stereocenters. The average molecular weight is 217 g/mol. The number of nitrogens with two attached hydrogens (primary N) is 1. The third kappa shape index (κ3) is 2.09. The van der Waals surface area contributed by atoms with Gasteiger partial charge >= 0.3 is 0 Å². The molecule has 0 radical (unpaired) electrons. The van der Waals surface area contributed by atoms with Crippen molar-refractivity contribution in [3.8, 4) is 0 Å². The molecule has 3 N–H and O–H groups in total. The summed E-state index contributed by atoms with van der Waals surface area (Å²) in [5.41, 5.74) is 9.42. The number of para-hydroxylation sites is 1. The monoisotopic (exact) mass is 217 g/mol. The standard InChI is InChI=1S/C13H19N3/c1-8(2)7-10(14)13-15-11-6-4-5-9(3)12(11)16-13/h4-6,8,10H,7,14H2,1-3H3,(H,15,16)/t10-/m1/s1. The smallest absolute Gasteiger partial charge is 0.124 e. The molecule has 0 aliphatic rings. The number of hydrogen-bond donors (Lipinski definition) is 2. The molecular formula is C13H19N3. The summed E-state index contributed by atoms with van der Waals surface area (Å²) in [7, 11) is 0. The minimum atomic E-state index is 0.00630. The summed E-state index contributed by atoms with van der Waals surface area (Å²) >= 11 is 0. The largest absolute Gasteiger partial charge is 0.341 e. The van der Waals surface area contributed by atoms with E-state index in [-0.39, 0.29) is 6.04 Å². The normalized spacial score (nSPS) is 13.6. The first-order valence-electron chi connectivity index (χ1n) is 5.78. The van der Waals surface area contributed by atoms with Gasteiger partial charge in [-0.1, -0.05) is 26.0 Å². The maximum Gasteiger partial charge on any atom is 0.124 e. The van der Waals surface area contributed by atoms with E-state index >= 15 is 0 Å². The summed E-state index contributed by atoms with van der Waals surface area (Å²) in [6.45, 7) is 6.42. The molecule has 2 rings (SSSR count). The highest BCUT2D eigenvalue weighted by Crippen LogP contribution is 2.21. The number of aromatic amines is 1. The van der Waals surface area contributed by atoms with Crippen LogP contribution in [0, 0.1) is 12.8 Å². The minimum Gasteiger partial charge on any atom is -0.341 e. The fourth-order valence-electron chi connectivity index (χ4n) is 1.99. The van der Waals surface area contributed by atoms with E-state index in [1.165, 1.54) is 5.56 Å². The van der Waals surface area contributed by atoms with Gasteiger partial charge in [-0.2, -0.15) is 0 Å². The molecule has 2 aromatic rings. The van der Waals surface area contributed by atoms with Crippen LogP contribution in [0.4, 0.5) is 0 Å². The highest BCUT2D eigenvalue weighted by Gasteiger charge is 2.13. The van der Waals surface area contributed by atoms with Crippen LogP contribution in [0.25, 0.3) is 11.0 Å². The van der Waals surface area contributed by atoms with E-state index in [1.54, 1.807) is 0 Å². The van der Waals surface area contributed by atoms with Crippen molar-refractivity contribution in [2.45, 2.75) is 33.2 Å². The Morgan fingerprint density at radius 1 is 1.38 bits per heavy atom. The molecule has 0 bridgehead atoms. The lowest BCUT2D eigenvalue weighted by Gasteiger charge is -2.10. The van der Waals surface area contributed by atoms with E-state index in [9.17, 15) is 0 Å². The van der Waals surface area contributed by atoms with Crippen LogP contribution in [-0.4, -0.2) is 9.97 Å². The summed E-state index contributed by atoms with van der Waals surface area (Å²) < 4.78 is 0. The van der Waals surface area contributed by atoms with Crippen molar-refractivity contribution in [1.29, 1.82) is 0 Å². The zero-order valence-electron chi connectivity index (χ0n) is 10.1. The molecule has 86 valence electrons. The first-order valence-corrected chi connectivity index (χ1v) is 5.78. The summed E-state index contributed by atoms with van der Waals surface area (Å²) in [6.07, 6.45) is 0.957. The second-order valence-electron chi connectivity index (χ2n) is 4.83. The van der Waals surface area contributed by atoms with Crippen LogP contribution in [0.1, 0.15) is 37.7 Å². The Labute approximate surface area is 96.1 Å². The lowest BCUT2D eigenvalue weighted by Crippen LogP contribution is -2.14. The van der Waals surface area contributed by atoms with E-state index < -0.39 is 0 Å². The molecule has 1 aromatic heterocycles. The molecule has 1 heterocycles. The van der Waals surface area contributed by atoms with E-state index in [0.717, 1.165) is 23.3 Å². The predicted octanol–water partition coefficient (Wildman–Crippen LogP) is 2.92. The Morgan fingerprint density at radius 3 is 2.75 bits per heavy atom. The number of nitrogens with one attached hydrogen (secondary N) is 1. The van der Waals surface area contributed by atoms with Crippen LogP contribution in [0.15, 0.2) is 18.2 Å². The lowest BCUT2D eigenvalue weighted by molar-refractivity contribution is 0.496. The van der Waals surface area contributed by atoms with Crippen LogP contribution >= 0.6 is 0 Å². The lowest BCUT2D eigenvalue weighted by atomic mass is 10.0. The summed E-state index contributed by atoms with van der Waals surface area (Å²) in [4.78, 5) is 7.89. The Morgan fingerprint density at radius 2 is 2.12 bits per heavy atom. The van der Waals surface area contributed by atoms with Gasteiger partial charge in [0.15, 0.2) is 0 Å². The molecule has 3 nitrogen and oxygen atoms in total. The Kier molecular flexibility index (Phi) is 2.97. The number of benzene rings is 1. The first kappa shape index (κ1) is 11.1. The van der Waals surface area contributed by atoms with Gasteiger partial charge in [0.2, 0.25) is 0 Å². The Hall–Kier alpha value is -1.35. The number of fused-ring (bicyclic) bond motifs is 1. The molecular weight excluding hydrogens is 198 g/mol. The van der Waals surface area contributed by atoms with Gasteiger partial charge < -0.3 is 10.7 Å². The molecule has 3 heteroatoms. The summed E-state index contributed by atoms with van der Waals surface area (Å²) in [5.74, 6) is 1.49. The van der Waals surface area contributed by atoms with Gasteiger partial charge in [0, 0.05) is 0 Å². The number of hydrogen-bond acceptors (Lipinski definition) is 2. The highest BCUT2D eigenvalue weighted by molar-refractivity contribution is 5.78. The van der Waals surface area contributed by atoms with Crippen LogP contribution in [0.3, 0.4) is 0 Å². The average Bonchev–Trinajstić information content (AvgIpc) is 2.61. The predicted molar refractivity (Wildman–Crippen MR) is 67.2 cm³/mol. The molecule has 0 unspecified atom stereocenters. The van der Waals surface area contributed by atoms with Gasteiger partial charge in [-0.3, -0.25) is 0 Å². The molecule has 0 spiro atoms. The number of imidazole rings is 1. The highest BCUT2D eigenvalue weighted by atomic mass is 15.0. The van der Waals surface area contributed by atoms with Gasteiger partial charge in [0.25, 0.3) is 0 Å². The van der Waals surface area contributed by atoms with Gasteiger partial charge in [-0.15, -0.1) is 0 Å². The quantitative estimate of drug-likeness (QED) is 0.830. The second kappa shape index (κ2) is 4.26.